The highest BCUT2D eigenvalue weighted by molar-refractivity contribution is 6.52. The van der Waals surface area contributed by atoms with Crippen molar-refractivity contribution < 1.29 is 28.7 Å². The molecule has 1 aliphatic heterocycles. The molecule has 0 saturated heterocycles. The maximum atomic E-state index is 12.4. The molecule has 7 nitrogen and oxygen atoms in total. The molecule has 0 bridgehead atoms. The number of methoxy groups -OCH3 is 1. The number of Topliss-reactive ketones (excluding diaryl/α,β-unsaturated/α-hetero) is 2. The number of amides is 1. The molecule has 138 valence electrons. The van der Waals surface area contributed by atoms with Crippen LogP contribution in [-0.4, -0.2) is 43.2 Å². The molecule has 27 heavy (non-hydrogen) atoms. The third-order valence-corrected chi connectivity index (χ3v) is 4.22. The fourth-order valence-electron chi connectivity index (χ4n) is 2.81. The zero-order chi connectivity index (χ0) is 19.6. The topological polar surface area (TPSA) is 90.0 Å². The van der Waals surface area contributed by atoms with Crippen LogP contribution < -0.4 is 9.64 Å². The van der Waals surface area contributed by atoms with Gasteiger partial charge < -0.3 is 9.47 Å². The quantitative estimate of drug-likeness (QED) is 0.441. The molecule has 0 radical (unpaired) electrons. The fourth-order valence-corrected chi connectivity index (χ4v) is 2.81. The summed E-state index contributed by atoms with van der Waals surface area (Å²) in [5.74, 6) is -2.01. The number of anilines is 1. The van der Waals surface area contributed by atoms with Gasteiger partial charge >= 0.3 is 5.97 Å². The van der Waals surface area contributed by atoms with Crippen molar-refractivity contribution in [2.75, 3.05) is 18.6 Å². The summed E-state index contributed by atoms with van der Waals surface area (Å²) in [7, 11) is 1.52. The van der Waals surface area contributed by atoms with E-state index in [1.54, 1.807) is 42.5 Å². The highest BCUT2D eigenvalue weighted by atomic mass is 16.5. The number of carbonyl (C=O) groups is 4. The van der Waals surface area contributed by atoms with Crippen molar-refractivity contribution in [3.8, 4) is 5.75 Å². The molecule has 3 rings (SSSR count). The van der Waals surface area contributed by atoms with E-state index in [4.69, 9.17) is 9.47 Å². The Morgan fingerprint density at radius 1 is 1.04 bits per heavy atom. The third-order valence-electron chi connectivity index (χ3n) is 4.22. The molecular formula is C20H17NO6. The van der Waals surface area contributed by atoms with Crippen LogP contribution in [0.25, 0.3) is 0 Å². The second-order valence-electron chi connectivity index (χ2n) is 5.96. The van der Waals surface area contributed by atoms with E-state index in [0.717, 1.165) is 4.90 Å². The van der Waals surface area contributed by atoms with E-state index in [-0.39, 0.29) is 11.3 Å². The number of ketones is 2. The van der Waals surface area contributed by atoms with Crippen molar-refractivity contribution in [3.63, 3.8) is 0 Å². The van der Waals surface area contributed by atoms with Crippen LogP contribution in [0.2, 0.25) is 0 Å². The van der Waals surface area contributed by atoms with Gasteiger partial charge in [-0.1, -0.05) is 12.1 Å². The van der Waals surface area contributed by atoms with Gasteiger partial charge in [0.15, 0.2) is 6.10 Å². The molecule has 0 unspecified atom stereocenters. The molecule has 1 aliphatic rings. The first kappa shape index (κ1) is 18.3. The van der Waals surface area contributed by atoms with Gasteiger partial charge in [-0.3, -0.25) is 24.1 Å². The second kappa shape index (κ2) is 7.41. The summed E-state index contributed by atoms with van der Waals surface area (Å²) in [5.41, 5.74) is 0.977. The van der Waals surface area contributed by atoms with Crippen LogP contribution in [0.4, 0.5) is 5.69 Å². The van der Waals surface area contributed by atoms with Gasteiger partial charge in [-0.15, -0.1) is 0 Å². The number of carbonyl (C=O) groups excluding carboxylic acids is 4. The maximum absolute atomic E-state index is 12.4. The Morgan fingerprint density at radius 2 is 1.70 bits per heavy atom. The predicted octanol–water partition coefficient (Wildman–Crippen LogP) is 2.04. The highest BCUT2D eigenvalue weighted by Gasteiger charge is 2.37. The molecule has 0 saturated carbocycles. The van der Waals surface area contributed by atoms with Crippen LogP contribution in [0.3, 0.4) is 0 Å². The van der Waals surface area contributed by atoms with Crippen LogP contribution in [0.15, 0.2) is 48.5 Å². The minimum atomic E-state index is -1.03. The molecule has 0 spiro atoms. The van der Waals surface area contributed by atoms with Crippen molar-refractivity contribution in [1.29, 1.82) is 0 Å². The molecule has 1 amide bonds. The second-order valence-corrected chi connectivity index (χ2v) is 5.96. The van der Waals surface area contributed by atoms with Gasteiger partial charge in [0.1, 0.15) is 12.3 Å². The average Bonchev–Trinajstić information content (AvgIpc) is 2.92. The molecule has 7 heteroatoms. The van der Waals surface area contributed by atoms with Gasteiger partial charge in [-0.25, -0.2) is 0 Å². The van der Waals surface area contributed by atoms with Gasteiger partial charge in [-0.05, 0) is 43.3 Å². The summed E-state index contributed by atoms with van der Waals surface area (Å²) in [4.78, 5) is 49.7. The molecule has 0 aromatic heterocycles. The first-order chi connectivity index (χ1) is 12.9. The molecule has 1 heterocycles. The Morgan fingerprint density at radius 3 is 2.37 bits per heavy atom. The normalized spacial score (nSPS) is 13.9. The van der Waals surface area contributed by atoms with Gasteiger partial charge in [0, 0.05) is 5.56 Å². The smallest absolute Gasteiger partial charge is 0.326 e. The Hall–Kier alpha value is -3.48. The Balaban J connectivity index is 1.66. The number of esters is 1. The largest absolute Gasteiger partial charge is 0.497 e. The van der Waals surface area contributed by atoms with Crippen LogP contribution in [0, 0.1) is 0 Å². The first-order valence-corrected chi connectivity index (χ1v) is 8.25. The van der Waals surface area contributed by atoms with E-state index < -0.39 is 30.3 Å². The number of nitrogens with zero attached hydrogens (tertiary/aromatic N) is 1. The van der Waals surface area contributed by atoms with Crippen LogP contribution >= 0.6 is 0 Å². The zero-order valence-corrected chi connectivity index (χ0v) is 14.8. The summed E-state index contributed by atoms with van der Waals surface area (Å²) in [5, 5.41) is 0. The average molecular weight is 367 g/mol. The predicted molar refractivity (Wildman–Crippen MR) is 96.0 cm³/mol. The minimum absolute atomic E-state index is 0.248. The van der Waals surface area contributed by atoms with Gasteiger partial charge in [0.2, 0.25) is 5.78 Å². The summed E-state index contributed by atoms with van der Waals surface area (Å²) in [6.07, 6.45) is -1.03. The molecule has 0 fully saturated rings. The van der Waals surface area contributed by atoms with Crippen LogP contribution in [0.1, 0.15) is 27.6 Å². The highest BCUT2D eigenvalue weighted by Crippen LogP contribution is 2.28. The Labute approximate surface area is 155 Å². The number of hydrogen-bond acceptors (Lipinski definition) is 6. The van der Waals surface area contributed by atoms with Crippen LogP contribution in [-0.2, 0) is 14.3 Å². The van der Waals surface area contributed by atoms with Crippen molar-refractivity contribution in [1.82, 2.24) is 0 Å². The lowest BCUT2D eigenvalue weighted by Crippen LogP contribution is -2.37. The molecule has 0 aliphatic carbocycles. The standard InChI is InChI=1S/C20H17NO6/c1-12(18(23)13-7-9-14(26-2)10-8-13)27-17(22)11-21-16-6-4-3-5-15(16)19(24)20(21)25/h3-10,12H,11H2,1-2H3/t12-/m0/s1. The summed E-state index contributed by atoms with van der Waals surface area (Å²) in [6.45, 7) is 1.01. The van der Waals surface area contributed by atoms with E-state index in [1.165, 1.54) is 20.1 Å². The van der Waals surface area contributed by atoms with Crippen LogP contribution in [0.5, 0.6) is 5.75 Å². The maximum Gasteiger partial charge on any atom is 0.326 e. The molecule has 2 aromatic carbocycles. The molecule has 1 atom stereocenters. The van der Waals surface area contributed by atoms with E-state index in [1.807, 2.05) is 0 Å². The first-order valence-electron chi connectivity index (χ1n) is 8.25. The van der Waals surface area contributed by atoms with Gasteiger partial charge in [-0.2, -0.15) is 0 Å². The number of rotatable bonds is 6. The monoisotopic (exact) mass is 367 g/mol. The van der Waals surface area contributed by atoms with Crippen molar-refractivity contribution in [2.45, 2.75) is 13.0 Å². The fraction of sp³-hybridized carbons (Fsp3) is 0.200. The number of hydrogen-bond donors (Lipinski definition) is 0. The number of fused-ring (bicyclic) bond motifs is 1. The molecular weight excluding hydrogens is 350 g/mol. The zero-order valence-electron chi connectivity index (χ0n) is 14.8. The van der Waals surface area contributed by atoms with E-state index in [9.17, 15) is 19.2 Å². The van der Waals surface area contributed by atoms with Gasteiger partial charge in [0.05, 0.1) is 18.4 Å². The van der Waals surface area contributed by atoms with Crippen molar-refractivity contribution in [3.05, 3.63) is 59.7 Å². The van der Waals surface area contributed by atoms with E-state index in [0.29, 0.717) is 17.0 Å². The lowest BCUT2D eigenvalue weighted by Gasteiger charge is -2.18. The van der Waals surface area contributed by atoms with Gasteiger partial charge in [0.25, 0.3) is 11.7 Å². The number of para-hydroxylation sites is 1. The summed E-state index contributed by atoms with van der Waals surface area (Å²) in [6, 6.07) is 12.8. The van der Waals surface area contributed by atoms with E-state index in [2.05, 4.69) is 0 Å². The summed E-state index contributed by atoms with van der Waals surface area (Å²) < 4.78 is 10.2. The van der Waals surface area contributed by atoms with Crippen molar-refractivity contribution >= 4 is 29.1 Å². The van der Waals surface area contributed by atoms with Crippen molar-refractivity contribution in [2.24, 2.45) is 0 Å². The third kappa shape index (κ3) is 3.57. The Kier molecular flexibility index (Phi) is 5.03. The molecule has 0 N–H and O–H groups in total. The summed E-state index contributed by atoms with van der Waals surface area (Å²) >= 11 is 0. The molecule has 2 aromatic rings. The SMILES string of the molecule is COc1ccc(C(=O)[C@H](C)OC(=O)CN2C(=O)C(=O)c3ccccc32)cc1. The minimum Gasteiger partial charge on any atom is -0.497 e. The number of ether oxygens (including phenoxy) is 2. The lowest BCUT2D eigenvalue weighted by atomic mass is 10.1. The lowest BCUT2D eigenvalue weighted by molar-refractivity contribution is -0.145. The van der Waals surface area contributed by atoms with E-state index >= 15 is 0 Å². The Bertz CT molecular complexity index is 918. The number of benzene rings is 2.